The van der Waals surface area contributed by atoms with E-state index in [1.54, 1.807) is 0 Å². The highest BCUT2D eigenvalue weighted by Crippen LogP contribution is 2.46. The summed E-state index contributed by atoms with van der Waals surface area (Å²) < 4.78 is 6.13. The average molecular weight is 185 g/mol. The number of hydrogen-bond donors (Lipinski definition) is 0. The van der Waals surface area contributed by atoms with E-state index < -0.39 is 8.32 Å². The van der Waals surface area contributed by atoms with Gasteiger partial charge in [-0.2, -0.15) is 0 Å². The molecule has 1 aliphatic rings. The summed E-state index contributed by atoms with van der Waals surface area (Å²) >= 11 is 0. The lowest BCUT2D eigenvalue weighted by Crippen LogP contribution is -2.44. The fraction of sp³-hybridized carbons (Fsp3) is 0.900. The fourth-order valence-corrected chi connectivity index (χ4v) is 2.53. The van der Waals surface area contributed by atoms with E-state index in [1.807, 2.05) is 0 Å². The molecule has 0 aliphatic heterocycles. The van der Waals surface area contributed by atoms with Crippen LogP contribution in [0, 0.1) is 6.92 Å². The molecule has 2 heteroatoms. The molecule has 0 atom stereocenters. The van der Waals surface area contributed by atoms with E-state index in [2.05, 4.69) is 40.8 Å². The highest BCUT2D eigenvalue weighted by Gasteiger charge is 2.48. The molecule has 1 nitrogen and oxygen atoms in total. The van der Waals surface area contributed by atoms with Gasteiger partial charge in [0, 0.05) is 0 Å². The number of rotatable bonds is 2. The Balaban J connectivity index is 2.60. The van der Waals surface area contributed by atoms with Gasteiger partial charge in [0.2, 0.25) is 0 Å². The lowest BCUT2D eigenvalue weighted by Gasteiger charge is -2.38. The normalized spacial score (nSPS) is 22.5. The van der Waals surface area contributed by atoms with Gasteiger partial charge in [-0.3, -0.25) is 0 Å². The van der Waals surface area contributed by atoms with Gasteiger partial charge in [-0.1, -0.05) is 20.8 Å². The van der Waals surface area contributed by atoms with Crippen molar-refractivity contribution in [2.75, 3.05) is 0 Å². The Morgan fingerprint density at radius 3 is 1.92 bits per heavy atom. The van der Waals surface area contributed by atoms with Crippen LogP contribution in [-0.4, -0.2) is 13.9 Å². The van der Waals surface area contributed by atoms with Crippen LogP contribution in [0.5, 0.6) is 0 Å². The molecule has 1 radical (unpaired) electrons. The third-order valence-electron chi connectivity index (χ3n) is 3.09. The third-order valence-corrected chi connectivity index (χ3v) is 7.64. The largest absolute Gasteiger partial charge is 0.411 e. The number of hydrogen-bond acceptors (Lipinski definition) is 1. The first-order valence-electron chi connectivity index (χ1n) is 4.72. The van der Waals surface area contributed by atoms with Crippen molar-refractivity contribution in [3.8, 4) is 0 Å². The predicted molar refractivity (Wildman–Crippen MR) is 55.6 cm³/mol. The molecule has 12 heavy (non-hydrogen) atoms. The van der Waals surface area contributed by atoms with Gasteiger partial charge in [-0.25, -0.2) is 0 Å². The maximum absolute atomic E-state index is 6.13. The summed E-state index contributed by atoms with van der Waals surface area (Å²) in [6, 6.07) is 0. The second kappa shape index (κ2) is 2.58. The van der Waals surface area contributed by atoms with Crippen LogP contribution in [0.4, 0.5) is 0 Å². The standard InChI is InChI=1S/C10H21OSi/c1-9(2,3)12(5,6)11-10(4)7-8-10/h4,7-8H2,1-3,5-6H3. The lowest BCUT2D eigenvalue weighted by atomic mass is 10.2. The van der Waals surface area contributed by atoms with E-state index in [-0.39, 0.29) is 5.60 Å². The molecule has 0 saturated heterocycles. The van der Waals surface area contributed by atoms with Crippen LogP contribution >= 0.6 is 0 Å². The van der Waals surface area contributed by atoms with Crippen LogP contribution in [0.2, 0.25) is 18.1 Å². The molecule has 0 amide bonds. The highest BCUT2D eigenvalue weighted by molar-refractivity contribution is 6.74. The van der Waals surface area contributed by atoms with Gasteiger partial charge in [-0.05, 0) is 37.9 Å². The van der Waals surface area contributed by atoms with E-state index in [1.165, 1.54) is 0 Å². The Bertz CT molecular complexity index is 175. The van der Waals surface area contributed by atoms with Crippen LogP contribution in [-0.2, 0) is 4.43 Å². The molecule has 0 unspecified atom stereocenters. The van der Waals surface area contributed by atoms with E-state index in [9.17, 15) is 0 Å². The molecule has 1 aliphatic carbocycles. The Hall–Kier alpha value is 0.177. The molecular weight excluding hydrogens is 164 g/mol. The van der Waals surface area contributed by atoms with E-state index in [4.69, 9.17) is 4.43 Å². The average Bonchev–Trinajstić information content (AvgIpc) is 2.42. The minimum Gasteiger partial charge on any atom is -0.411 e. The monoisotopic (exact) mass is 185 g/mol. The summed E-state index contributed by atoms with van der Waals surface area (Å²) in [6.07, 6.45) is 2.30. The van der Waals surface area contributed by atoms with Crippen LogP contribution < -0.4 is 0 Å². The zero-order chi connectivity index (χ0) is 9.62. The maximum Gasteiger partial charge on any atom is 0.192 e. The van der Waals surface area contributed by atoms with Crippen molar-refractivity contribution < 1.29 is 4.43 Å². The van der Waals surface area contributed by atoms with Crippen molar-refractivity contribution in [1.82, 2.24) is 0 Å². The van der Waals surface area contributed by atoms with Crippen LogP contribution in [0.3, 0.4) is 0 Å². The second-order valence-electron chi connectivity index (χ2n) is 5.55. The van der Waals surface area contributed by atoms with Gasteiger partial charge < -0.3 is 4.43 Å². The first kappa shape index (κ1) is 10.3. The van der Waals surface area contributed by atoms with Gasteiger partial charge in [0.25, 0.3) is 0 Å². The quantitative estimate of drug-likeness (QED) is 0.599. The van der Waals surface area contributed by atoms with Crippen molar-refractivity contribution in [2.45, 2.75) is 57.3 Å². The van der Waals surface area contributed by atoms with Crippen LogP contribution in [0.1, 0.15) is 33.6 Å². The minimum absolute atomic E-state index is 0.00298. The van der Waals surface area contributed by atoms with Gasteiger partial charge in [0.1, 0.15) is 0 Å². The summed E-state index contributed by atoms with van der Waals surface area (Å²) in [5.41, 5.74) is 0.00298. The SMILES string of the molecule is [CH2]C1(O[Si](C)(C)C(C)(C)C)CC1. The molecule has 1 saturated carbocycles. The molecule has 71 valence electrons. The molecule has 0 aromatic carbocycles. The summed E-state index contributed by atoms with van der Waals surface area (Å²) in [5, 5.41) is 0.320. The summed E-state index contributed by atoms with van der Waals surface area (Å²) in [5.74, 6) is 0. The fourth-order valence-electron chi connectivity index (χ4n) is 0.936. The first-order chi connectivity index (χ1) is 5.16. The van der Waals surface area contributed by atoms with Gasteiger partial charge in [0.15, 0.2) is 8.32 Å². The maximum atomic E-state index is 6.13. The zero-order valence-corrected chi connectivity index (χ0v) is 10.0. The topological polar surface area (TPSA) is 9.23 Å². The minimum atomic E-state index is -1.54. The zero-order valence-electron chi connectivity index (χ0n) is 9.03. The van der Waals surface area contributed by atoms with E-state index in [0.717, 1.165) is 12.8 Å². The predicted octanol–water partition coefficient (Wildman–Crippen LogP) is 3.37. The third kappa shape index (κ3) is 2.11. The Labute approximate surface area is 77.6 Å². The summed E-state index contributed by atoms with van der Waals surface area (Å²) in [4.78, 5) is 0. The van der Waals surface area contributed by atoms with Crippen molar-refractivity contribution >= 4 is 8.32 Å². The molecule has 1 fully saturated rings. The summed E-state index contributed by atoms with van der Waals surface area (Å²) in [6.45, 7) is 15.5. The van der Waals surface area contributed by atoms with E-state index >= 15 is 0 Å². The smallest absolute Gasteiger partial charge is 0.192 e. The molecule has 0 aromatic heterocycles. The molecule has 0 bridgehead atoms. The highest BCUT2D eigenvalue weighted by atomic mass is 28.4. The molecule has 0 aromatic rings. The van der Waals surface area contributed by atoms with E-state index in [0.29, 0.717) is 5.04 Å². The van der Waals surface area contributed by atoms with Gasteiger partial charge in [0.05, 0.1) is 5.60 Å². The lowest BCUT2D eigenvalue weighted by molar-refractivity contribution is 0.203. The van der Waals surface area contributed by atoms with Crippen LogP contribution in [0.15, 0.2) is 0 Å². The Morgan fingerprint density at radius 1 is 1.25 bits per heavy atom. The first-order valence-corrected chi connectivity index (χ1v) is 7.63. The Kier molecular flexibility index (Phi) is 2.21. The van der Waals surface area contributed by atoms with Gasteiger partial charge in [-0.15, -0.1) is 0 Å². The van der Waals surface area contributed by atoms with Crippen molar-refractivity contribution in [2.24, 2.45) is 0 Å². The molecule has 0 spiro atoms. The summed E-state index contributed by atoms with van der Waals surface area (Å²) in [7, 11) is -1.54. The van der Waals surface area contributed by atoms with Gasteiger partial charge >= 0.3 is 0 Å². The molecule has 0 heterocycles. The van der Waals surface area contributed by atoms with Crippen molar-refractivity contribution in [1.29, 1.82) is 0 Å². The van der Waals surface area contributed by atoms with Crippen molar-refractivity contribution in [3.05, 3.63) is 6.92 Å². The molecule has 1 rings (SSSR count). The second-order valence-corrected chi connectivity index (χ2v) is 10.3. The van der Waals surface area contributed by atoms with Crippen LogP contribution in [0.25, 0.3) is 0 Å². The Morgan fingerprint density at radius 2 is 1.67 bits per heavy atom. The molecular formula is C10H21OSi. The molecule has 0 N–H and O–H groups in total. The van der Waals surface area contributed by atoms with Crippen molar-refractivity contribution in [3.63, 3.8) is 0 Å².